The van der Waals surface area contributed by atoms with E-state index < -0.39 is 4.92 Å². The lowest BCUT2D eigenvalue weighted by Crippen LogP contribution is -1.89. The Morgan fingerprint density at radius 2 is 1.71 bits per heavy atom. The number of benzene rings is 3. The van der Waals surface area contributed by atoms with Crippen LogP contribution in [0.4, 0.5) is 11.4 Å². The van der Waals surface area contributed by atoms with Crippen molar-refractivity contribution in [1.82, 2.24) is 0 Å². The fraction of sp³-hybridized carbons (Fsp3) is 0. The summed E-state index contributed by atoms with van der Waals surface area (Å²) < 4.78 is 0. The van der Waals surface area contributed by atoms with Gasteiger partial charge in [0, 0.05) is 18.3 Å². The van der Waals surface area contributed by atoms with Crippen molar-refractivity contribution >= 4 is 28.4 Å². The first kappa shape index (κ1) is 13.0. The molecule has 0 aliphatic rings. The number of nitro groups is 1. The molecule has 0 fully saturated rings. The van der Waals surface area contributed by atoms with Crippen LogP contribution in [0.1, 0.15) is 5.56 Å². The molecule has 0 unspecified atom stereocenters. The zero-order valence-corrected chi connectivity index (χ0v) is 11.1. The van der Waals surface area contributed by atoms with Crippen molar-refractivity contribution in [3.8, 4) is 0 Å². The van der Waals surface area contributed by atoms with E-state index in [1.807, 2.05) is 42.5 Å². The molecule has 0 aliphatic carbocycles. The van der Waals surface area contributed by atoms with Gasteiger partial charge in [-0.3, -0.25) is 15.1 Å². The number of aliphatic imine (C=N–C) groups is 1. The van der Waals surface area contributed by atoms with Crippen LogP contribution in [0.2, 0.25) is 0 Å². The molecule has 4 heteroatoms. The van der Waals surface area contributed by atoms with Gasteiger partial charge in [-0.25, -0.2) is 0 Å². The number of nitrogens with zero attached hydrogens (tertiary/aromatic N) is 2. The maximum Gasteiger partial charge on any atom is 0.270 e. The second-order valence-electron chi connectivity index (χ2n) is 4.64. The van der Waals surface area contributed by atoms with Crippen molar-refractivity contribution in [1.29, 1.82) is 0 Å². The summed E-state index contributed by atoms with van der Waals surface area (Å²) in [5.41, 5.74) is 1.59. The maximum atomic E-state index is 10.7. The van der Waals surface area contributed by atoms with Gasteiger partial charge < -0.3 is 0 Å². The van der Waals surface area contributed by atoms with Gasteiger partial charge >= 0.3 is 0 Å². The topological polar surface area (TPSA) is 55.5 Å². The molecule has 3 aromatic carbocycles. The molecule has 0 N–H and O–H groups in total. The van der Waals surface area contributed by atoms with E-state index in [-0.39, 0.29) is 5.69 Å². The number of fused-ring (bicyclic) bond motifs is 1. The van der Waals surface area contributed by atoms with Crippen LogP contribution in [0.25, 0.3) is 10.8 Å². The van der Waals surface area contributed by atoms with Crippen molar-refractivity contribution in [3.05, 3.63) is 82.4 Å². The molecular weight excluding hydrogens is 264 g/mol. The molecule has 0 aromatic heterocycles. The van der Waals surface area contributed by atoms with Crippen molar-refractivity contribution in [3.63, 3.8) is 0 Å². The third-order valence-electron chi connectivity index (χ3n) is 3.18. The standard InChI is InChI=1S/C17H12N2O2/c20-19(21)17-7-3-4-13(10-17)12-18-16-9-8-14-5-1-2-6-15(14)11-16/h1-12H. The first-order chi connectivity index (χ1) is 10.2. The largest absolute Gasteiger partial charge is 0.270 e. The van der Waals surface area contributed by atoms with Gasteiger partial charge in [0.1, 0.15) is 0 Å². The molecule has 0 atom stereocenters. The summed E-state index contributed by atoms with van der Waals surface area (Å²) in [5, 5.41) is 13.0. The predicted molar refractivity (Wildman–Crippen MR) is 84.3 cm³/mol. The van der Waals surface area contributed by atoms with Gasteiger partial charge in [-0.15, -0.1) is 0 Å². The van der Waals surface area contributed by atoms with Crippen LogP contribution in [0.15, 0.2) is 71.7 Å². The van der Waals surface area contributed by atoms with Crippen LogP contribution in [0.5, 0.6) is 0 Å². The quantitative estimate of drug-likeness (QED) is 0.402. The van der Waals surface area contributed by atoms with Crippen LogP contribution >= 0.6 is 0 Å². The van der Waals surface area contributed by atoms with Gasteiger partial charge in [0.25, 0.3) is 5.69 Å². The lowest BCUT2D eigenvalue weighted by atomic mass is 10.1. The molecular formula is C17H12N2O2. The van der Waals surface area contributed by atoms with E-state index in [1.54, 1.807) is 18.3 Å². The van der Waals surface area contributed by atoms with E-state index in [4.69, 9.17) is 0 Å². The van der Waals surface area contributed by atoms with Gasteiger partial charge in [0.2, 0.25) is 0 Å². The molecule has 0 heterocycles. The molecule has 0 saturated heterocycles. The van der Waals surface area contributed by atoms with E-state index in [1.165, 1.54) is 12.1 Å². The monoisotopic (exact) mass is 276 g/mol. The fourth-order valence-corrected chi connectivity index (χ4v) is 2.12. The highest BCUT2D eigenvalue weighted by atomic mass is 16.6. The Morgan fingerprint density at radius 1 is 0.905 bits per heavy atom. The summed E-state index contributed by atoms with van der Waals surface area (Å²) >= 11 is 0. The van der Waals surface area contributed by atoms with E-state index in [0.29, 0.717) is 5.56 Å². The van der Waals surface area contributed by atoms with Crippen LogP contribution in [0.3, 0.4) is 0 Å². The summed E-state index contributed by atoms with van der Waals surface area (Å²) in [5.74, 6) is 0. The van der Waals surface area contributed by atoms with Crippen molar-refractivity contribution < 1.29 is 4.92 Å². The van der Waals surface area contributed by atoms with E-state index in [9.17, 15) is 10.1 Å². The molecule has 3 aromatic rings. The number of rotatable bonds is 3. The number of non-ortho nitro benzene ring substituents is 1. The Morgan fingerprint density at radius 3 is 2.52 bits per heavy atom. The van der Waals surface area contributed by atoms with E-state index in [0.717, 1.165) is 16.5 Å². The molecule has 0 radical (unpaired) electrons. The highest BCUT2D eigenvalue weighted by molar-refractivity contribution is 5.87. The zero-order valence-electron chi connectivity index (χ0n) is 11.1. The van der Waals surface area contributed by atoms with Gasteiger partial charge in [-0.05, 0) is 28.5 Å². The lowest BCUT2D eigenvalue weighted by molar-refractivity contribution is -0.384. The highest BCUT2D eigenvalue weighted by Crippen LogP contribution is 2.21. The molecule has 0 spiro atoms. The van der Waals surface area contributed by atoms with Crippen LogP contribution < -0.4 is 0 Å². The molecule has 21 heavy (non-hydrogen) atoms. The van der Waals surface area contributed by atoms with Gasteiger partial charge in [0.15, 0.2) is 0 Å². The lowest BCUT2D eigenvalue weighted by Gasteiger charge is -1.99. The fourth-order valence-electron chi connectivity index (χ4n) is 2.12. The molecule has 0 bridgehead atoms. The average Bonchev–Trinajstić information content (AvgIpc) is 2.53. The number of hydrogen-bond donors (Lipinski definition) is 0. The Bertz CT molecular complexity index is 841. The third kappa shape index (κ3) is 2.95. The van der Waals surface area contributed by atoms with Crippen LogP contribution in [-0.4, -0.2) is 11.1 Å². The predicted octanol–water partition coefficient (Wildman–Crippen LogP) is 4.50. The smallest absolute Gasteiger partial charge is 0.258 e. The summed E-state index contributed by atoms with van der Waals surface area (Å²) in [4.78, 5) is 14.7. The van der Waals surface area contributed by atoms with Crippen molar-refractivity contribution in [2.24, 2.45) is 4.99 Å². The van der Waals surface area contributed by atoms with Crippen LogP contribution in [0, 0.1) is 10.1 Å². The van der Waals surface area contributed by atoms with E-state index in [2.05, 4.69) is 4.99 Å². The molecule has 0 amide bonds. The van der Waals surface area contributed by atoms with Gasteiger partial charge in [-0.2, -0.15) is 0 Å². The summed E-state index contributed by atoms with van der Waals surface area (Å²) in [6, 6.07) is 20.4. The molecule has 4 nitrogen and oxygen atoms in total. The molecule has 0 aliphatic heterocycles. The van der Waals surface area contributed by atoms with E-state index >= 15 is 0 Å². The van der Waals surface area contributed by atoms with Gasteiger partial charge in [-0.1, -0.05) is 42.5 Å². The first-order valence-corrected chi connectivity index (χ1v) is 6.50. The number of nitro benzene ring substituents is 1. The summed E-state index contributed by atoms with van der Waals surface area (Å²) in [6.07, 6.45) is 1.64. The Balaban J connectivity index is 1.90. The molecule has 102 valence electrons. The first-order valence-electron chi connectivity index (χ1n) is 6.50. The summed E-state index contributed by atoms with van der Waals surface area (Å²) in [7, 11) is 0. The number of hydrogen-bond acceptors (Lipinski definition) is 3. The zero-order chi connectivity index (χ0) is 14.7. The highest BCUT2D eigenvalue weighted by Gasteiger charge is 2.03. The molecule has 3 rings (SSSR count). The van der Waals surface area contributed by atoms with Crippen molar-refractivity contribution in [2.75, 3.05) is 0 Å². The van der Waals surface area contributed by atoms with Crippen molar-refractivity contribution in [2.45, 2.75) is 0 Å². The Labute approximate surface area is 121 Å². The van der Waals surface area contributed by atoms with Gasteiger partial charge in [0.05, 0.1) is 10.6 Å². The molecule has 0 saturated carbocycles. The normalized spacial score (nSPS) is 11.0. The minimum absolute atomic E-state index is 0.0671. The minimum atomic E-state index is -0.409. The summed E-state index contributed by atoms with van der Waals surface area (Å²) in [6.45, 7) is 0. The Hall–Kier alpha value is -3.01. The minimum Gasteiger partial charge on any atom is -0.258 e. The maximum absolute atomic E-state index is 10.7. The second-order valence-corrected chi connectivity index (χ2v) is 4.64. The van der Waals surface area contributed by atoms with Crippen LogP contribution in [-0.2, 0) is 0 Å². The SMILES string of the molecule is O=[N+]([O-])c1cccc(C=Nc2ccc3ccccc3c2)c1. The average molecular weight is 276 g/mol. The Kier molecular flexibility index (Phi) is 3.43. The second kappa shape index (κ2) is 5.54. The third-order valence-corrected chi connectivity index (χ3v) is 3.18.